The Labute approximate surface area is 100 Å². The number of diazo groups is 1. The van der Waals surface area contributed by atoms with Crippen LogP contribution in [0.5, 0.6) is 0 Å². The molecule has 94 valence electrons. The van der Waals surface area contributed by atoms with E-state index in [1.807, 2.05) is 0 Å². The van der Waals surface area contributed by atoms with E-state index in [0.29, 0.717) is 13.0 Å². The van der Waals surface area contributed by atoms with Gasteiger partial charge in [-0.3, -0.25) is 4.90 Å². The summed E-state index contributed by atoms with van der Waals surface area (Å²) < 4.78 is 5.24. The molecule has 1 aliphatic rings. The highest BCUT2D eigenvalue weighted by Gasteiger charge is 2.35. The number of aliphatic hydroxyl groups is 1. The average molecular weight is 240 g/mol. The third-order valence-electron chi connectivity index (χ3n) is 2.41. The summed E-state index contributed by atoms with van der Waals surface area (Å²) in [6.07, 6.45) is 1.90. The molecule has 0 aromatic carbocycles. The van der Waals surface area contributed by atoms with Gasteiger partial charge >= 0.3 is 12.3 Å². The minimum atomic E-state index is -0.565. The Balaban J connectivity index is 2.74. The number of carbonyl (C=O) groups excluding carboxylic acids is 1. The molecule has 1 heterocycles. The van der Waals surface area contributed by atoms with E-state index >= 15 is 0 Å². The van der Waals surface area contributed by atoms with E-state index in [9.17, 15) is 9.90 Å². The number of hydrogen-bond donors (Lipinski definition) is 1. The molecule has 0 radical (unpaired) electrons. The molecule has 0 unspecified atom stereocenters. The van der Waals surface area contributed by atoms with Crippen LogP contribution in [-0.2, 0) is 4.74 Å². The summed E-state index contributed by atoms with van der Waals surface area (Å²) in [5.41, 5.74) is -0.565. The highest BCUT2D eigenvalue weighted by Crippen LogP contribution is 2.24. The third kappa shape index (κ3) is 3.63. The molecule has 6 nitrogen and oxygen atoms in total. The van der Waals surface area contributed by atoms with E-state index < -0.39 is 17.7 Å². The highest BCUT2D eigenvalue weighted by molar-refractivity contribution is 5.69. The van der Waals surface area contributed by atoms with Gasteiger partial charge in [-0.05, 0) is 33.6 Å². The predicted molar refractivity (Wildman–Crippen MR) is 61.8 cm³/mol. The molecule has 0 spiro atoms. The minimum Gasteiger partial charge on any atom is -0.504 e. The van der Waals surface area contributed by atoms with Crippen molar-refractivity contribution in [3.8, 4) is 0 Å². The second-order valence-electron chi connectivity index (χ2n) is 5.00. The fraction of sp³-hybridized carbons (Fsp3) is 0.727. The fourth-order valence-corrected chi connectivity index (χ4v) is 1.76. The second kappa shape index (κ2) is 5.04. The second-order valence-corrected chi connectivity index (χ2v) is 5.00. The van der Waals surface area contributed by atoms with Gasteiger partial charge in [0.1, 0.15) is 11.6 Å². The number of amides is 1. The normalized spacial score (nSPS) is 21.2. The standard InChI is InChI=1S/C11H17N3O3/c1-11(2,3)17-10(16)14-6-4-5-8(14)9(15)7-13-12/h7-8H,4-6H2,1-3H3/p+1/b9-7-/t8-/m0/s1. The molecule has 1 atom stereocenters. The van der Waals surface area contributed by atoms with Gasteiger partial charge in [0.05, 0.1) is 0 Å². The smallest absolute Gasteiger partial charge is 0.410 e. The summed E-state index contributed by atoms with van der Waals surface area (Å²) in [4.78, 5) is 16.1. The summed E-state index contributed by atoms with van der Waals surface area (Å²) in [6.45, 7) is 5.89. The van der Waals surface area contributed by atoms with E-state index in [1.54, 1.807) is 20.8 Å². The largest absolute Gasteiger partial charge is 0.504 e. The molecule has 1 fully saturated rings. The molecule has 17 heavy (non-hydrogen) atoms. The van der Waals surface area contributed by atoms with Gasteiger partial charge in [0.25, 0.3) is 0 Å². The van der Waals surface area contributed by atoms with Crippen LogP contribution in [0, 0.1) is 5.39 Å². The van der Waals surface area contributed by atoms with E-state index in [4.69, 9.17) is 10.1 Å². The lowest BCUT2D eigenvalue weighted by Gasteiger charge is -2.27. The summed E-state index contributed by atoms with van der Waals surface area (Å²) in [5.74, 6) is -0.129. The van der Waals surface area contributed by atoms with Crippen LogP contribution in [0.4, 0.5) is 4.79 Å². The zero-order chi connectivity index (χ0) is 13.1. The van der Waals surface area contributed by atoms with Gasteiger partial charge in [-0.15, -0.1) is 0 Å². The Morgan fingerprint density at radius 3 is 2.76 bits per heavy atom. The zero-order valence-electron chi connectivity index (χ0n) is 10.4. The van der Waals surface area contributed by atoms with Crippen LogP contribution in [0.2, 0.25) is 0 Å². The zero-order valence-corrected chi connectivity index (χ0v) is 10.4. The van der Waals surface area contributed by atoms with Gasteiger partial charge in [-0.25, -0.2) is 4.79 Å². The molecule has 1 aliphatic heterocycles. The van der Waals surface area contributed by atoms with Crippen molar-refractivity contribution in [2.75, 3.05) is 6.54 Å². The molecule has 1 N–H and O–H groups in total. The first-order chi connectivity index (χ1) is 7.85. The van der Waals surface area contributed by atoms with Gasteiger partial charge in [0.2, 0.25) is 11.2 Å². The van der Waals surface area contributed by atoms with Crippen molar-refractivity contribution >= 4 is 6.09 Å². The summed E-state index contributed by atoms with van der Waals surface area (Å²) in [5, 5.41) is 18.0. The van der Waals surface area contributed by atoms with Gasteiger partial charge in [-0.1, -0.05) is 0 Å². The summed E-state index contributed by atoms with van der Waals surface area (Å²) >= 11 is 0. The molecule has 0 aromatic rings. The number of hydrogen-bond acceptors (Lipinski definition) is 4. The molecule has 0 bridgehead atoms. The van der Waals surface area contributed by atoms with Crippen LogP contribution in [0.1, 0.15) is 33.6 Å². The Morgan fingerprint density at radius 2 is 2.24 bits per heavy atom. The minimum absolute atomic E-state index is 0.129. The topological polar surface area (TPSA) is 77.9 Å². The molecular weight excluding hydrogens is 222 g/mol. The van der Waals surface area contributed by atoms with Gasteiger partial charge in [0, 0.05) is 6.54 Å². The SMILES string of the molecule is CC(C)(C)OC(=O)N1CCC[C@H]1/C(O)=C/[N+]#N. The van der Waals surface area contributed by atoms with Crippen molar-refractivity contribution in [1.82, 2.24) is 4.90 Å². The van der Waals surface area contributed by atoms with E-state index in [-0.39, 0.29) is 5.76 Å². The van der Waals surface area contributed by atoms with Gasteiger partial charge in [-0.2, -0.15) is 0 Å². The first-order valence-electron chi connectivity index (χ1n) is 5.58. The molecule has 6 heteroatoms. The maximum Gasteiger partial charge on any atom is 0.410 e. The molecule has 0 aliphatic carbocycles. The van der Waals surface area contributed by atoms with Crippen LogP contribution >= 0.6 is 0 Å². The van der Waals surface area contributed by atoms with Crippen LogP contribution in [0.15, 0.2) is 12.0 Å². The molecule has 1 saturated heterocycles. The van der Waals surface area contributed by atoms with E-state index in [0.717, 1.165) is 12.6 Å². The van der Waals surface area contributed by atoms with Crippen LogP contribution in [0.25, 0.3) is 4.98 Å². The lowest BCUT2D eigenvalue weighted by molar-refractivity contribution is 0.0223. The lowest BCUT2D eigenvalue weighted by Crippen LogP contribution is -2.40. The molecule has 1 amide bonds. The van der Waals surface area contributed by atoms with Crippen LogP contribution in [0.3, 0.4) is 0 Å². The number of carbonyl (C=O) groups is 1. The average Bonchev–Trinajstić information content (AvgIpc) is 2.63. The Morgan fingerprint density at radius 1 is 1.59 bits per heavy atom. The van der Waals surface area contributed by atoms with E-state index in [1.165, 1.54) is 4.90 Å². The quantitative estimate of drug-likeness (QED) is 0.564. The summed E-state index contributed by atoms with van der Waals surface area (Å²) in [7, 11) is 0. The maximum atomic E-state index is 11.9. The van der Waals surface area contributed by atoms with Crippen molar-refractivity contribution in [1.29, 1.82) is 5.39 Å². The van der Waals surface area contributed by atoms with E-state index in [2.05, 4.69) is 4.98 Å². The fourth-order valence-electron chi connectivity index (χ4n) is 1.76. The van der Waals surface area contributed by atoms with Gasteiger partial charge < -0.3 is 9.84 Å². The van der Waals surface area contributed by atoms with Crippen molar-refractivity contribution in [2.24, 2.45) is 0 Å². The maximum absolute atomic E-state index is 11.9. The number of ether oxygens (including phenoxy) is 1. The highest BCUT2D eigenvalue weighted by atomic mass is 16.6. The van der Waals surface area contributed by atoms with Crippen molar-refractivity contribution in [3.05, 3.63) is 16.9 Å². The Kier molecular flexibility index (Phi) is 3.94. The van der Waals surface area contributed by atoms with Crippen molar-refractivity contribution < 1.29 is 14.6 Å². The Hall–Kier alpha value is -1.77. The first-order valence-corrected chi connectivity index (χ1v) is 5.58. The van der Waals surface area contributed by atoms with Crippen LogP contribution in [-0.4, -0.2) is 34.3 Å². The number of nitrogens with zero attached hydrogens (tertiary/aromatic N) is 3. The summed E-state index contributed by atoms with van der Waals surface area (Å²) in [6, 6.07) is -0.458. The molecule has 1 rings (SSSR count). The number of aliphatic hydroxyl groups excluding tert-OH is 1. The van der Waals surface area contributed by atoms with Gasteiger partial charge in [0.15, 0.2) is 4.98 Å². The lowest BCUT2D eigenvalue weighted by atomic mass is 10.2. The first kappa shape index (κ1) is 13.3. The molecule has 0 aromatic heterocycles. The Bertz CT molecular complexity index is 365. The number of likely N-dealkylation sites (tertiary alicyclic amines) is 1. The predicted octanol–water partition coefficient (Wildman–Crippen LogP) is 2.64. The third-order valence-corrected chi connectivity index (χ3v) is 2.41. The number of rotatable bonds is 1. The van der Waals surface area contributed by atoms with Crippen LogP contribution < -0.4 is 0 Å². The monoisotopic (exact) mass is 240 g/mol. The van der Waals surface area contributed by atoms with Crippen molar-refractivity contribution in [3.63, 3.8) is 0 Å². The van der Waals surface area contributed by atoms with Crippen molar-refractivity contribution in [2.45, 2.75) is 45.3 Å². The molecular formula is C11H18N3O3+. The molecule has 0 saturated carbocycles.